The second-order valence-electron chi connectivity index (χ2n) is 7.09. The molecule has 1 amide bonds. The van der Waals surface area contributed by atoms with Gasteiger partial charge in [-0.05, 0) is 35.6 Å². The number of aromatic nitrogens is 4. The van der Waals surface area contributed by atoms with Crippen molar-refractivity contribution in [3.63, 3.8) is 0 Å². The number of benzene rings is 2. The summed E-state index contributed by atoms with van der Waals surface area (Å²) in [7, 11) is 0. The monoisotopic (exact) mass is 369 g/mol. The lowest BCUT2D eigenvalue weighted by Crippen LogP contribution is -2.18. The van der Waals surface area contributed by atoms with Gasteiger partial charge in [0, 0.05) is 36.2 Å². The molecule has 1 aliphatic heterocycles. The second-order valence-corrected chi connectivity index (χ2v) is 7.09. The number of pyridine rings is 1. The van der Waals surface area contributed by atoms with E-state index in [2.05, 4.69) is 37.2 Å². The average molecular weight is 369 g/mol. The van der Waals surface area contributed by atoms with Crippen LogP contribution in [-0.2, 0) is 13.0 Å². The van der Waals surface area contributed by atoms with E-state index < -0.39 is 0 Å². The molecule has 28 heavy (non-hydrogen) atoms. The number of carbonyl (C=O) groups is 1. The fourth-order valence-corrected chi connectivity index (χ4v) is 3.86. The van der Waals surface area contributed by atoms with Gasteiger partial charge in [0.15, 0.2) is 0 Å². The van der Waals surface area contributed by atoms with E-state index in [1.54, 1.807) is 12.5 Å². The van der Waals surface area contributed by atoms with Crippen LogP contribution in [0.5, 0.6) is 0 Å². The molecule has 5 rings (SSSR count). The summed E-state index contributed by atoms with van der Waals surface area (Å²) in [5, 5.41) is 13.0. The second kappa shape index (κ2) is 6.88. The van der Waals surface area contributed by atoms with Crippen LogP contribution in [-0.4, -0.2) is 25.7 Å². The highest BCUT2D eigenvalue weighted by molar-refractivity contribution is 6.11. The van der Waals surface area contributed by atoms with E-state index in [4.69, 9.17) is 0 Å². The summed E-state index contributed by atoms with van der Waals surface area (Å²) in [5.74, 6) is 1.30. The molecule has 1 atom stereocenters. The number of carbonyl (C=O) groups excluding carboxylic acids is 1. The minimum atomic E-state index is -0.198. The van der Waals surface area contributed by atoms with Crippen LogP contribution in [0.3, 0.4) is 0 Å². The molecule has 1 aliphatic rings. The van der Waals surface area contributed by atoms with Crippen molar-refractivity contribution in [1.29, 1.82) is 0 Å². The van der Waals surface area contributed by atoms with Crippen LogP contribution in [0.1, 0.15) is 34.2 Å². The van der Waals surface area contributed by atoms with E-state index >= 15 is 0 Å². The molecule has 3 heterocycles. The van der Waals surface area contributed by atoms with Gasteiger partial charge < -0.3 is 9.88 Å². The summed E-state index contributed by atoms with van der Waals surface area (Å²) >= 11 is 0. The molecule has 2 aromatic heterocycles. The Morgan fingerprint density at radius 2 is 1.93 bits per heavy atom. The first-order chi connectivity index (χ1) is 13.8. The molecule has 138 valence electrons. The van der Waals surface area contributed by atoms with Gasteiger partial charge in [0.2, 0.25) is 0 Å². The number of hydrogen-bond acceptors (Lipinski definition) is 4. The number of fused-ring (bicyclic) bond motifs is 2. The summed E-state index contributed by atoms with van der Waals surface area (Å²) in [5.41, 5.74) is 2.47. The van der Waals surface area contributed by atoms with Crippen LogP contribution in [0.25, 0.3) is 10.8 Å². The quantitative estimate of drug-likeness (QED) is 0.596. The highest BCUT2D eigenvalue weighted by atomic mass is 16.1. The van der Waals surface area contributed by atoms with Gasteiger partial charge in [-0.2, -0.15) is 0 Å². The first-order valence-electron chi connectivity index (χ1n) is 9.40. The van der Waals surface area contributed by atoms with Crippen molar-refractivity contribution in [2.45, 2.75) is 25.3 Å². The molecule has 0 saturated carbocycles. The molecular formula is C22H19N5O. The van der Waals surface area contributed by atoms with Gasteiger partial charge in [0.1, 0.15) is 17.8 Å². The maximum absolute atomic E-state index is 12.7. The normalized spacial score (nSPS) is 15.9. The number of anilines is 1. The molecule has 6 heteroatoms. The Balaban J connectivity index is 1.33. The summed E-state index contributed by atoms with van der Waals surface area (Å²) < 4.78 is 2.12. The van der Waals surface area contributed by atoms with Crippen molar-refractivity contribution in [3.8, 4) is 0 Å². The predicted octanol–water partition coefficient (Wildman–Crippen LogP) is 3.81. The van der Waals surface area contributed by atoms with Gasteiger partial charge in [-0.3, -0.25) is 9.78 Å². The largest absolute Gasteiger partial charge is 0.321 e. The molecule has 0 aliphatic carbocycles. The number of hydrogen-bond donors (Lipinski definition) is 1. The lowest BCUT2D eigenvalue weighted by molar-refractivity contribution is 0.102. The van der Waals surface area contributed by atoms with E-state index in [9.17, 15) is 4.79 Å². The predicted molar refractivity (Wildman–Crippen MR) is 107 cm³/mol. The molecule has 1 N–H and O–H groups in total. The maximum Gasteiger partial charge on any atom is 0.274 e. The highest BCUT2D eigenvalue weighted by Crippen LogP contribution is 2.28. The minimum Gasteiger partial charge on any atom is -0.321 e. The lowest BCUT2D eigenvalue weighted by Gasteiger charge is -2.23. The lowest BCUT2D eigenvalue weighted by atomic mass is 9.91. The third kappa shape index (κ3) is 3.03. The molecule has 6 nitrogen and oxygen atoms in total. The number of nitrogens with zero attached hydrogens (tertiary/aromatic N) is 4. The smallest absolute Gasteiger partial charge is 0.274 e. The fraction of sp³-hybridized carbons (Fsp3) is 0.182. The van der Waals surface area contributed by atoms with E-state index in [1.807, 2.05) is 42.5 Å². The minimum absolute atomic E-state index is 0.198. The summed E-state index contributed by atoms with van der Waals surface area (Å²) in [4.78, 5) is 17.0. The zero-order valence-corrected chi connectivity index (χ0v) is 15.2. The number of rotatable bonds is 3. The molecule has 0 spiro atoms. The third-order valence-electron chi connectivity index (χ3n) is 5.36. The van der Waals surface area contributed by atoms with Crippen molar-refractivity contribution in [3.05, 3.63) is 84.2 Å². The molecule has 0 saturated heterocycles. The zero-order valence-electron chi connectivity index (χ0n) is 15.2. The Hall–Kier alpha value is -3.54. The fourth-order valence-electron chi connectivity index (χ4n) is 3.86. The van der Waals surface area contributed by atoms with E-state index in [1.165, 1.54) is 5.56 Å². The van der Waals surface area contributed by atoms with Crippen LogP contribution >= 0.6 is 0 Å². The number of nitrogens with one attached hydrogen (secondary N) is 1. The van der Waals surface area contributed by atoms with Crippen molar-refractivity contribution in [2.75, 3.05) is 5.32 Å². The van der Waals surface area contributed by atoms with Gasteiger partial charge in [-0.1, -0.05) is 36.4 Å². The SMILES string of the molecule is O=C(Nc1ccc(C2CCc3nncn3C2)cc1)c1nccc2ccccc12. The third-order valence-corrected chi connectivity index (χ3v) is 5.36. The molecule has 0 fully saturated rings. The van der Waals surface area contributed by atoms with Crippen LogP contribution in [0.15, 0.2) is 67.1 Å². The van der Waals surface area contributed by atoms with Gasteiger partial charge in [-0.25, -0.2) is 0 Å². The van der Waals surface area contributed by atoms with Gasteiger partial charge in [0.25, 0.3) is 5.91 Å². The topological polar surface area (TPSA) is 72.7 Å². The van der Waals surface area contributed by atoms with E-state index in [0.717, 1.165) is 41.7 Å². The first-order valence-corrected chi connectivity index (χ1v) is 9.40. The Morgan fingerprint density at radius 1 is 1.07 bits per heavy atom. The Bertz CT molecular complexity index is 1140. The van der Waals surface area contributed by atoms with Crippen molar-refractivity contribution < 1.29 is 4.79 Å². The van der Waals surface area contributed by atoms with Crippen molar-refractivity contribution >= 4 is 22.4 Å². The number of aryl methyl sites for hydroxylation is 1. The Labute approximate surface area is 162 Å². The van der Waals surface area contributed by atoms with Crippen LogP contribution in [0.4, 0.5) is 5.69 Å². The van der Waals surface area contributed by atoms with Crippen molar-refractivity contribution in [2.24, 2.45) is 0 Å². The Morgan fingerprint density at radius 3 is 2.82 bits per heavy atom. The molecule has 1 unspecified atom stereocenters. The molecular weight excluding hydrogens is 350 g/mol. The summed E-state index contributed by atoms with van der Waals surface area (Å²) in [6, 6.07) is 17.8. The van der Waals surface area contributed by atoms with Crippen LogP contribution < -0.4 is 5.32 Å². The standard InChI is InChI=1S/C22H19N5O/c28-22(21-19-4-2-1-3-16(19)11-12-23-21)25-18-8-5-15(6-9-18)17-7-10-20-26-24-14-27(20)13-17/h1-6,8-9,11-12,14,17H,7,10,13H2,(H,25,28). The summed E-state index contributed by atoms with van der Waals surface area (Å²) in [6.45, 7) is 0.897. The van der Waals surface area contributed by atoms with Gasteiger partial charge in [0.05, 0.1) is 0 Å². The van der Waals surface area contributed by atoms with Crippen molar-refractivity contribution in [1.82, 2.24) is 19.7 Å². The summed E-state index contributed by atoms with van der Waals surface area (Å²) in [6.07, 6.45) is 5.47. The molecule has 0 radical (unpaired) electrons. The first kappa shape index (κ1) is 16.6. The van der Waals surface area contributed by atoms with Crippen LogP contribution in [0.2, 0.25) is 0 Å². The van der Waals surface area contributed by atoms with Gasteiger partial charge >= 0.3 is 0 Å². The van der Waals surface area contributed by atoms with E-state index in [-0.39, 0.29) is 5.91 Å². The average Bonchev–Trinajstić information content (AvgIpc) is 3.22. The van der Waals surface area contributed by atoms with E-state index in [0.29, 0.717) is 11.6 Å². The maximum atomic E-state index is 12.7. The van der Waals surface area contributed by atoms with Gasteiger partial charge in [-0.15, -0.1) is 10.2 Å². The highest BCUT2D eigenvalue weighted by Gasteiger charge is 2.21. The molecule has 0 bridgehead atoms. The zero-order chi connectivity index (χ0) is 18.9. The van der Waals surface area contributed by atoms with Crippen LogP contribution in [0, 0.1) is 0 Å². The number of amides is 1. The Kier molecular flexibility index (Phi) is 4.09. The molecule has 2 aromatic carbocycles. The molecule has 4 aromatic rings.